The van der Waals surface area contributed by atoms with Gasteiger partial charge in [-0.2, -0.15) is 0 Å². The highest BCUT2D eigenvalue weighted by atomic mass is 32.2. The quantitative estimate of drug-likeness (QED) is 0.0529. The number of rotatable bonds is 16. The van der Waals surface area contributed by atoms with Gasteiger partial charge in [0, 0.05) is 62.5 Å². The van der Waals surface area contributed by atoms with E-state index in [-0.39, 0.29) is 34.9 Å². The largest absolute Gasteiger partial charge is 0.455 e. The summed E-state index contributed by atoms with van der Waals surface area (Å²) in [6, 6.07) is 29.3. The van der Waals surface area contributed by atoms with Crippen LogP contribution in [0.25, 0.3) is 22.2 Å². The molecule has 0 unspecified atom stereocenters. The number of fused-ring (bicyclic) bond motifs is 1. The Morgan fingerprint density at radius 1 is 0.915 bits per heavy atom. The molecule has 0 spiro atoms. The Morgan fingerprint density at radius 3 is 2.38 bits per heavy atom. The Morgan fingerprint density at radius 2 is 1.65 bits per heavy atom. The number of likely N-dealkylation sites (tertiary alicyclic amines) is 1. The van der Waals surface area contributed by atoms with Crippen molar-refractivity contribution < 1.29 is 32.8 Å². The van der Waals surface area contributed by atoms with E-state index < -0.39 is 37.0 Å². The van der Waals surface area contributed by atoms with Crippen LogP contribution in [0.4, 0.5) is 17.1 Å². The predicted molar refractivity (Wildman–Crippen MR) is 274 cm³/mol. The molecule has 372 valence electrons. The highest BCUT2D eigenvalue weighted by molar-refractivity contribution is 7.90. The number of H-pyrrole nitrogens is 1. The van der Waals surface area contributed by atoms with Crippen LogP contribution < -0.4 is 19.7 Å². The molecule has 4 N–H and O–H groups in total. The van der Waals surface area contributed by atoms with Gasteiger partial charge in [0.2, 0.25) is 5.91 Å². The molecule has 9 rings (SSSR count). The van der Waals surface area contributed by atoms with Crippen molar-refractivity contribution in [2.24, 2.45) is 5.92 Å². The van der Waals surface area contributed by atoms with Crippen LogP contribution in [0, 0.1) is 16.0 Å². The van der Waals surface area contributed by atoms with E-state index in [9.17, 15) is 33.2 Å². The number of sulfonamides is 1. The van der Waals surface area contributed by atoms with Crippen molar-refractivity contribution in [3.05, 3.63) is 136 Å². The van der Waals surface area contributed by atoms with Gasteiger partial charge in [-0.3, -0.25) is 19.7 Å². The molecule has 3 fully saturated rings. The van der Waals surface area contributed by atoms with Gasteiger partial charge in [-0.15, -0.1) is 0 Å². The lowest BCUT2D eigenvalue weighted by molar-refractivity contribution is -0.384. The van der Waals surface area contributed by atoms with E-state index in [1.807, 2.05) is 42.1 Å². The van der Waals surface area contributed by atoms with Crippen LogP contribution in [0.5, 0.6) is 11.5 Å². The maximum Gasteiger partial charge on any atom is 0.293 e. The Labute approximate surface area is 414 Å². The molecule has 17 heteroatoms. The van der Waals surface area contributed by atoms with Gasteiger partial charge in [0.05, 0.1) is 33.2 Å². The second-order valence-electron chi connectivity index (χ2n) is 19.8. The summed E-state index contributed by atoms with van der Waals surface area (Å²) in [5.41, 5.74) is 4.90. The number of nitro groups is 1. The van der Waals surface area contributed by atoms with Crippen LogP contribution in [0.3, 0.4) is 0 Å². The molecule has 3 aliphatic rings. The van der Waals surface area contributed by atoms with Crippen LogP contribution in [0.1, 0.15) is 98.2 Å². The number of hydrogen-bond acceptors (Lipinski definition) is 12. The lowest BCUT2D eigenvalue weighted by Crippen LogP contribution is -2.39. The number of aromatic amines is 1. The number of piperidine rings is 1. The van der Waals surface area contributed by atoms with Gasteiger partial charge in [-0.25, -0.2) is 18.1 Å². The molecule has 4 aromatic carbocycles. The molecule has 6 aromatic rings. The maximum atomic E-state index is 14.0. The second kappa shape index (κ2) is 20.9. The number of amides is 2. The average Bonchev–Trinajstić information content (AvgIpc) is 4.06. The first-order chi connectivity index (χ1) is 34.1. The first-order valence-corrected chi connectivity index (χ1v) is 26.0. The van der Waals surface area contributed by atoms with Crippen LogP contribution >= 0.6 is 0 Å². The summed E-state index contributed by atoms with van der Waals surface area (Å²) in [4.78, 5) is 52.1. The summed E-state index contributed by atoms with van der Waals surface area (Å²) in [6.07, 6.45) is 10.5. The molecule has 2 aliphatic heterocycles. The Balaban J connectivity index is 0.930. The van der Waals surface area contributed by atoms with E-state index in [0.29, 0.717) is 48.7 Å². The van der Waals surface area contributed by atoms with Crippen LogP contribution in [-0.2, 0) is 14.8 Å². The number of ether oxygens (including phenoxy) is 1. The van der Waals surface area contributed by atoms with Gasteiger partial charge >= 0.3 is 0 Å². The molecule has 0 radical (unpaired) electrons. The first kappa shape index (κ1) is 49.2. The summed E-state index contributed by atoms with van der Waals surface area (Å²) in [7, 11) is -0.628. The van der Waals surface area contributed by atoms with E-state index in [2.05, 4.69) is 61.3 Å². The minimum absolute atomic E-state index is 0.0747. The lowest BCUT2D eigenvalue weighted by atomic mass is 9.80. The van der Waals surface area contributed by atoms with Crippen molar-refractivity contribution in [2.45, 2.75) is 87.2 Å². The van der Waals surface area contributed by atoms with Crippen molar-refractivity contribution in [2.75, 3.05) is 57.0 Å². The Bertz CT molecular complexity index is 3010. The fourth-order valence-corrected chi connectivity index (χ4v) is 11.4. The smallest absolute Gasteiger partial charge is 0.293 e. The van der Waals surface area contributed by atoms with Crippen LogP contribution in [0.2, 0.25) is 0 Å². The molecule has 2 aromatic heterocycles. The molecule has 71 heavy (non-hydrogen) atoms. The van der Waals surface area contributed by atoms with E-state index in [1.165, 1.54) is 35.5 Å². The van der Waals surface area contributed by atoms with Crippen molar-refractivity contribution in [1.29, 1.82) is 0 Å². The number of carbonyl (C=O) groups is 2. The van der Waals surface area contributed by atoms with Crippen molar-refractivity contribution >= 4 is 49.9 Å². The van der Waals surface area contributed by atoms with E-state index in [0.717, 1.165) is 87.4 Å². The van der Waals surface area contributed by atoms with E-state index in [4.69, 9.17) is 4.74 Å². The standard InChI is InChI=1S/C54H62N8O8S/c1-54(65)24-18-36(19-25-54)34-56-47-17-15-43(33-49(47)62(66)67)71(68,69)58-53(64)46-16-12-39(32-50(46)70-42-31-40-20-26-55-52(40)57-35-42)37-10-13-41(14-11-37)61-27-6-9-48(61)45-8-5-4-7-44(45)38-21-29-60(30-22-38)51(63)23-28-59(2)3/h4-5,7-8,10-17,20,26,31-33,35-36,38,48,56,65H,6,9,18-19,21-25,27-30,34H2,1-3H3,(H,55,57)(H,58,64)/t36-,48-,54-/m1/s1. The molecule has 2 amide bonds. The highest BCUT2D eigenvalue weighted by Crippen LogP contribution is 2.42. The normalized spacial score (nSPS) is 19.8. The zero-order valence-corrected chi connectivity index (χ0v) is 41.3. The first-order valence-electron chi connectivity index (χ1n) is 24.6. The molecular formula is C54H62N8O8S. The predicted octanol–water partition coefficient (Wildman–Crippen LogP) is 9.40. The van der Waals surface area contributed by atoms with Crippen LogP contribution in [-0.4, -0.2) is 102 Å². The monoisotopic (exact) mass is 982 g/mol. The summed E-state index contributed by atoms with van der Waals surface area (Å²) >= 11 is 0. The third kappa shape index (κ3) is 11.4. The van der Waals surface area contributed by atoms with Crippen molar-refractivity contribution in [3.63, 3.8) is 0 Å². The second-order valence-corrected chi connectivity index (χ2v) is 21.5. The van der Waals surface area contributed by atoms with E-state index in [1.54, 1.807) is 31.3 Å². The molecule has 0 bridgehead atoms. The highest BCUT2D eigenvalue weighted by Gasteiger charge is 2.33. The minimum atomic E-state index is -4.61. The number of benzene rings is 4. The van der Waals surface area contributed by atoms with Gasteiger partial charge in [0.1, 0.15) is 22.8 Å². The number of aromatic nitrogens is 2. The van der Waals surface area contributed by atoms with Gasteiger partial charge in [0.15, 0.2) is 0 Å². The molecule has 2 saturated heterocycles. The van der Waals surface area contributed by atoms with Gasteiger partial charge in [-0.1, -0.05) is 42.5 Å². The number of nitrogens with one attached hydrogen (secondary N) is 3. The topological polar surface area (TPSA) is 203 Å². The molecule has 1 aliphatic carbocycles. The maximum absolute atomic E-state index is 14.0. The van der Waals surface area contributed by atoms with Gasteiger partial charge < -0.3 is 34.8 Å². The van der Waals surface area contributed by atoms with Crippen molar-refractivity contribution in [1.82, 2.24) is 24.5 Å². The fraction of sp³-hybridized carbons (Fsp3) is 0.389. The molecule has 4 heterocycles. The minimum Gasteiger partial charge on any atom is -0.455 e. The average molecular weight is 983 g/mol. The summed E-state index contributed by atoms with van der Waals surface area (Å²) < 4.78 is 36.0. The van der Waals surface area contributed by atoms with Gasteiger partial charge in [0.25, 0.3) is 21.6 Å². The molecule has 16 nitrogen and oxygen atoms in total. The summed E-state index contributed by atoms with van der Waals surface area (Å²) in [5, 5.41) is 26.4. The summed E-state index contributed by atoms with van der Waals surface area (Å²) in [6.45, 7) is 5.42. The zero-order valence-electron chi connectivity index (χ0n) is 40.5. The zero-order chi connectivity index (χ0) is 49.9. The molecule has 1 saturated carbocycles. The fourth-order valence-electron chi connectivity index (χ4n) is 10.4. The third-order valence-electron chi connectivity index (χ3n) is 14.5. The summed E-state index contributed by atoms with van der Waals surface area (Å²) in [5.74, 6) is 0.198. The number of carbonyl (C=O) groups excluding carboxylic acids is 2. The lowest BCUT2D eigenvalue weighted by Gasteiger charge is -2.35. The molecular weight excluding hydrogens is 921 g/mol. The number of anilines is 2. The number of nitro benzene ring substituents is 1. The number of hydrogen-bond donors (Lipinski definition) is 4. The van der Waals surface area contributed by atoms with Gasteiger partial charge in [-0.05, 0) is 155 Å². The van der Waals surface area contributed by atoms with Crippen molar-refractivity contribution in [3.8, 4) is 22.6 Å². The molecule has 1 atom stereocenters. The Kier molecular flexibility index (Phi) is 14.5. The Hall–Kier alpha value is -6.82. The third-order valence-corrected chi connectivity index (χ3v) is 15.8. The number of nitrogens with zero attached hydrogens (tertiary/aromatic N) is 5. The SMILES string of the molecule is CN(C)CCC(=O)N1CCC(c2ccccc2[C@H]2CCCN2c2ccc(-c3ccc(C(=O)NS(=O)(=O)c4ccc(NC[C@H]5CC[C@](C)(O)CC5)c([N+](=O)[O-])c4)c(Oc4cnc5[nH]ccc5c4)c3)cc2)CC1. The number of aliphatic hydroxyl groups is 1. The van der Waals surface area contributed by atoms with Crippen LogP contribution in [0.15, 0.2) is 114 Å². The van der Waals surface area contributed by atoms with E-state index >= 15 is 0 Å². The number of pyridine rings is 1.